The summed E-state index contributed by atoms with van der Waals surface area (Å²) >= 11 is 5.95. The average Bonchev–Trinajstić information content (AvgIpc) is 3.00. The van der Waals surface area contributed by atoms with Crippen molar-refractivity contribution in [3.8, 4) is 5.69 Å². The van der Waals surface area contributed by atoms with E-state index in [4.69, 9.17) is 16.3 Å². The lowest BCUT2D eigenvalue weighted by molar-refractivity contribution is 0.101. The summed E-state index contributed by atoms with van der Waals surface area (Å²) in [7, 11) is 1.56. The van der Waals surface area contributed by atoms with E-state index >= 15 is 0 Å². The van der Waals surface area contributed by atoms with Crippen LogP contribution in [0, 0.1) is 6.92 Å². The molecule has 0 spiro atoms. The number of aryl methyl sites for hydroxylation is 1. The molecule has 0 atom stereocenters. The largest absolute Gasteiger partial charge is 0.378 e. The third kappa shape index (κ3) is 3.87. The van der Waals surface area contributed by atoms with Gasteiger partial charge in [0.1, 0.15) is 5.69 Å². The van der Waals surface area contributed by atoms with E-state index in [1.54, 1.807) is 36.1 Å². The van der Waals surface area contributed by atoms with Gasteiger partial charge in [-0.1, -0.05) is 40.6 Å². The number of anilines is 1. The highest BCUT2D eigenvalue weighted by Crippen LogP contribution is 2.18. The second-order valence-corrected chi connectivity index (χ2v) is 5.97. The molecule has 6 nitrogen and oxygen atoms in total. The minimum atomic E-state index is -0.368. The van der Waals surface area contributed by atoms with Crippen LogP contribution in [-0.2, 0) is 11.3 Å². The first-order valence-corrected chi connectivity index (χ1v) is 8.04. The summed E-state index contributed by atoms with van der Waals surface area (Å²) in [4.78, 5) is 12.6. The van der Waals surface area contributed by atoms with Crippen molar-refractivity contribution in [2.45, 2.75) is 13.5 Å². The van der Waals surface area contributed by atoms with Crippen molar-refractivity contribution in [1.29, 1.82) is 0 Å². The van der Waals surface area contributed by atoms with Crippen LogP contribution in [0.4, 0.5) is 5.69 Å². The highest BCUT2D eigenvalue weighted by atomic mass is 35.5. The summed E-state index contributed by atoms with van der Waals surface area (Å²) in [6.07, 6.45) is 0. The van der Waals surface area contributed by atoms with Crippen LogP contribution in [0.5, 0.6) is 0 Å². The van der Waals surface area contributed by atoms with Gasteiger partial charge in [-0.2, -0.15) is 0 Å². The van der Waals surface area contributed by atoms with Crippen LogP contribution in [0.25, 0.3) is 5.69 Å². The standard InChI is InChI=1S/C18H17ClN4O2/c1-12-6-8-15(9-7-12)23-16(11-25-2)17(21-22-23)18(24)20-14-5-3-4-13(19)10-14/h3-10H,11H2,1-2H3,(H,20,24). The van der Waals surface area contributed by atoms with Crippen molar-refractivity contribution < 1.29 is 9.53 Å². The lowest BCUT2D eigenvalue weighted by Gasteiger charge is -2.08. The number of nitrogens with zero attached hydrogens (tertiary/aromatic N) is 3. The highest BCUT2D eigenvalue weighted by molar-refractivity contribution is 6.30. The van der Waals surface area contributed by atoms with Gasteiger partial charge in [-0.05, 0) is 37.3 Å². The molecular formula is C18H17ClN4O2. The third-order valence-electron chi connectivity index (χ3n) is 3.62. The van der Waals surface area contributed by atoms with Gasteiger partial charge in [-0.25, -0.2) is 4.68 Å². The number of aromatic nitrogens is 3. The molecule has 0 fully saturated rings. The van der Waals surface area contributed by atoms with E-state index in [1.165, 1.54) is 0 Å². The number of hydrogen-bond donors (Lipinski definition) is 1. The van der Waals surface area contributed by atoms with Crippen LogP contribution in [0.3, 0.4) is 0 Å². The van der Waals surface area contributed by atoms with Crippen LogP contribution in [0.2, 0.25) is 5.02 Å². The van der Waals surface area contributed by atoms with Crippen molar-refractivity contribution in [2.75, 3.05) is 12.4 Å². The van der Waals surface area contributed by atoms with Gasteiger partial charge in [0, 0.05) is 17.8 Å². The average molecular weight is 357 g/mol. The van der Waals surface area contributed by atoms with Gasteiger partial charge in [-0.15, -0.1) is 5.10 Å². The summed E-state index contributed by atoms with van der Waals surface area (Å²) in [6.45, 7) is 2.21. The van der Waals surface area contributed by atoms with E-state index in [1.807, 2.05) is 31.2 Å². The Morgan fingerprint density at radius 3 is 2.68 bits per heavy atom. The van der Waals surface area contributed by atoms with Crippen molar-refractivity contribution in [3.05, 3.63) is 70.5 Å². The molecule has 7 heteroatoms. The number of amides is 1. The molecular weight excluding hydrogens is 340 g/mol. The van der Waals surface area contributed by atoms with Crippen molar-refractivity contribution in [3.63, 3.8) is 0 Å². The minimum absolute atomic E-state index is 0.208. The Balaban J connectivity index is 1.93. The molecule has 0 aliphatic rings. The van der Waals surface area contributed by atoms with Crippen LogP contribution in [0.15, 0.2) is 48.5 Å². The first kappa shape index (κ1) is 17.1. The first-order chi connectivity index (χ1) is 12.1. The van der Waals surface area contributed by atoms with Crippen LogP contribution >= 0.6 is 11.6 Å². The Bertz CT molecular complexity index is 890. The minimum Gasteiger partial charge on any atom is -0.378 e. The first-order valence-electron chi connectivity index (χ1n) is 7.66. The molecule has 0 radical (unpaired) electrons. The van der Waals surface area contributed by atoms with Crippen LogP contribution in [0.1, 0.15) is 21.7 Å². The van der Waals surface area contributed by atoms with Gasteiger partial charge >= 0.3 is 0 Å². The fourth-order valence-corrected chi connectivity index (χ4v) is 2.58. The Hall–Kier alpha value is -2.70. The second kappa shape index (κ2) is 7.46. The van der Waals surface area contributed by atoms with Crippen molar-refractivity contribution in [1.82, 2.24) is 15.0 Å². The molecule has 25 heavy (non-hydrogen) atoms. The summed E-state index contributed by atoms with van der Waals surface area (Å²) in [5.41, 5.74) is 3.32. The molecule has 0 bridgehead atoms. The van der Waals surface area contributed by atoms with Gasteiger partial charge in [0.25, 0.3) is 5.91 Å². The zero-order valence-electron chi connectivity index (χ0n) is 13.9. The zero-order valence-corrected chi connectivity index (χ0v) is 14.6. The number of methoxy groups -OCH3 is 1. The van der Waals surface area contributed by atoms with E-state index in [2.05, 4.69) is 15.6 Å². The summed E-state index contributed by atoms with van der Waals surface area (Å²) in [5, 5.41) is 11.5. The number of benzene rings is 2. The molecule has 1 N–H and O–H groups in total. The summed E-state index contributed by atoms with van der Waals surface area (Å²) < 4.78 is 6.84. The Labute approximate surface area is 150 Å². The smallest absolute Gasteiger partial charge is 0.278 e. The van der Waals surface area contributed by atoms with Crippen LogP contribution in [-0.4, -0.2) is 28.0 Å². The van der Waals surface area contributed by atoms with E-state index in [-0.39, 0.29) is 18.2 Å². The maximum atomic E-state index is 12.6. The molecule has 1 amide bonds. The fourth-order valence-electron chi connectivity index (χ4n) is 2.39. The summed E-state index contributed by atoms with van der Waals surface area (Å²) in [6, 6.07) is 14.7. The van der Waals surface area contributed by atoms with Gasteiger partial charge in [0.05, 0.1) is 12.3 Å². The molecule has 3 rings (SSSR count). The SMILES string of the molecule is COCc1c(C(=O)Nc2cccc(Cl)c2)nnn1-c1ccc(C)cc1. The quantitative estimate of drug-likeness (QED) is 0.758. The molecule has 0 aliphatic heterocycles. The second-order valence-electron chi connectivity index (χ2n) is 5.53. The third-order valence-corrected chi connectivity index (χ3v) is 3.86. The topological polar surface area (TPSA) is 69.0 Å². The number of halogens is 1. The van der Waals surface area contributed by atoms with Crippen LogP contribution < -0.4 is 5.32 Å². The Morgan fingerprint density at radius 2 is 2.00 bits per heavy atom. The molecule has 1 heterocycles. The molecule has 1 aromatic heterocycles. The summed E-state index contributed by atoms with van der Waals surface area (Å²) in [5.74, 6) is -0.368. The molecule has 0 aliphatic carbocycles. The monoisotopic (exact) mass is 356 g/mol. The maximum absolute atomic E-state index is 12.6. The Morgan fingerprint density at radius 1 is 1.24 bits per heavy atom. The molecule has 2 aromatic carbocycles. The highest BCUT2D eigenvalue weighted by Gasteiger charge is 2.20. The number of carbonyl (C=O) groups is 1. The van der Waals surface area contributed by atoms with Gasteiger partial charge in [0.15, 0.2) is 5.69 Å². The van der Waals surface area contributed by atoms with E-state index in [9.17, 15) is 4.79 Å². The van der Waals surface area contributed by atoms with Gasteiger partial charge < -0.3 is 10.1 Å². The number of rotatable bonds is 5. The number of nitrogens with one attached hydrogen (secondary N) is 1. The zero-order chi connectivity index (χ0) is 17.8. The molecule has 0 unspecified atom stereocenters. The number of ether oxygens (including phenoxy) is 1. The van der Waals surface area contributed by atoms with E-state index < -0.39 is 0 Å². The Kier molecular flexibility index (Phi) is 5.11. The number of hydrogen-bond acceptors (Lipinski definition) is 4. The van der Waals surface area contributed by atoms with Crippen molar-refractivity contribution >= 4 is 23.2 Å². The van der Waals surface area contributed by atoms with E-state index in [0.717, 1.165) is 11.3 Å². The number of carbonyl (C=O) groups excluding carboxylic acids is 1. The lowest BCUT2D eigenvalue weighted by Crippen LogP contribution is -2.16. The van der Waals surface area contributed by atoms with Gasteiger partial charge in [0.2, 0.25) is 0 Å². The molecule has 0 saturated carbocycles. The van der Waals surface area contributed by atoms with Gasteiger partial charge in [-0.3, -0.25) is 4.79 Å². The van der Waals surface area contributed by atoms with Crippen molar-refractivity contribution in [2.24, 2.45) is 0 Å². The molecule has 3 aromatic rings. The molecule has 128 valence electrons. The fraction of sp³-hybridized carbons (Fsp3) is 0.167. The lowest BCUT2D eigenvalue weighted by atomic mass is 10.2. The predicted molar refractivity (Wildman–Crippen MR) is 96.2 cm³/mol. The van der Waals surface area contributed by atoms with E-state index in [0.29, 0.717) is 16.4 Å². The normalized spacial score (nSPS) is 10.7. The predicted octanol–water partition coefficient (Wildman–Crippen LogP) is 3.63. The molecule has 0 saturated heterocycles. The maximum Gasteiger partial charge on any atom is 0.278 e.